The molecular weight excluding hydrogens is 298 g/mol. The van der Waals surface area contributed by atoms with E-state index in [1.54, 1.807) is 12.1 Å². The third-order valence-electron chi connectivity index (χ3n) is 4.63. The van der Waals surface area contributed by atoms with E-state index in [9.17, 15) is 4.79 Å². The average molecular weight is 323 g/mol. The van der Waals surface area contributed by atoms with Gasteiger partial charge in [-0.05, 0) is 43.5 Å². The normalized spacial score (nSPS) is 18.2. The number of esters is 1. The van der Waals surface area contributed by atoms with Crippen molar-refractivity contribution in [2.24, 2.45) is 0 Å². The minimum Gasteiger partial charge on any atom is -0.462 e. The summed E-state index contributed by atoms with van der Waals surface area (Å²) in [4.78, 5) is 14.5. The summed E-state index contributed by atoms with van der Waals surface area (Å²) < 4.78 is 5.39. The predicted octanol–water partition coefficient (Wildman–Crippen LogP) is 4.46. The van der Waals surface area contributed by atoms with E-state index in [1.807, 2.05) is 18.2 Å². The fraction of sp³-hybridized carbons (Fsp3) is 0.381. The van der Waals surface area contributed by atoms with Gasteiger partial charge in [0.1, 0.15) is 0 Å². The monoisotopic (exact) mass is 323 g/mol. The molecule has 24 heavy (non-hydrogen) atoms. The number of benzene rings is 2. The van der Waals surface area contributed by atoms with Crippen molar-refractivity contribution < 1.29 is 9.53 Å². The molecule has 0 spiro atoms. The van der Waals surface area contributed by atoms with Crippen molar-refractivity contribution in [3.63, 3.8) is 0 Å². The SMILES string of the molecule is O=C(OCCCN1CCCCC1c1ccccc1)c1ccccc1. The minimum atomic E-state index is -0.228. The average Bonchev–Trinajstić information content (AvgIpc) is 2.67. The van der Waals surface area contributed by atoms with Crippen molar-refractivity contribution in [1.29, 1.82) is 0 Å². The summed E-state index contributed by atoms with van der Waals surface area (Å²) in [7, 11) is 0. The molecule has 0 aromatic heterocycles. The van der Waals surface area contributed by atoms with Crippen molar-refractivity contribution in [3.05, 3.63) is 71.8 Å². The van der Waals surface area contributed by atoms with Crippen LogP contribution in [0.5, 0.6) is 0 Å². The Bertz CT molecular complexity index is 627. The zero-order valence-electron chi connectivity index (χ0n) is 14.1. The number of hydrogen-bond donors (Lipinski definition) is 0. The second-order valence-corrected chi connectivity index (χ2v) is 6.31. The maximum Gasteiger partial charge on any atom is 0.338 e. The fourth-order valence-corrected chi connectivity index (χ4v) is 3.40. The van der Waals surface area contributed by atoms with Gasteiger partial charge in [0.2, 0.25) is 0 Å². The molecule has 1 atom stereocenters. The van der Waals surface area contributed by atoms with Gasteiger partial charge in [-0.15, -0.1) is 0 Å². The van der Waals surface area contributed by atoms with E-state index >= 15 is 0 Å². The third kappa shape index (κ3) is 4.45. The van der Waals surface area contributed by atoms with Gasteiger partial charge in [0.05, 0.1) is 12.2 Å². The molecule has 0 radical (unpaired) electrons. The van der Waals surface area contributed by atoms with Crippen LogP contribution in [0.25, 0.3) is 0 Å². The molecule has 3 nitrogen and oxygen atoms in total. The van der Waals surface area contributed by atoms with Crippen LogP contribution < -0.4 is 0 Å². The lowest BCUT2D eigenvalue weighted by Crippen LogP contribution is -2.34. The Morgan fingerprint density at radius 2 is 1.71 bits per heavy atom. The Balaban J connectivity index is 1.47. The number of hydrogen-bond acceptors (Lipinski definition) is 3. The van der Waals surface area contributed by atoms with Crippen LogP contribution in [-0.4, -0.2) is 30.6 Å². The molecule has 2 aromatic rings. The highest BCUT2D eigenvalue weighted by atomic mass is 16.5. The topological polar surface area (TPSA) is 29.5 Å². The molecular formula is C21H25NO2. The third-order valence-corrected chi connectivity index (χ3v) is 4.63. The molecule has 0 bridgehead atoms. The van der Waals surface area contributed by atoms with Crippen LogP contribution in [0.1, 0.15) is 47.6 Å². The van der Waals surface area contributed by atoms with Gasteiger partial charge in [0.25, 0.3) is 0 Å². The number of likely N-dealkylation sites (tertiary alicyclic amines) is 1. The van der Waals surface area contributed by atoms with Crippen LogP contribution in [0.4, 0.5) is 0 Å². The second kappa shape index (κ2) is 8.65. The van der Waals surface area contributed by atoms with Crippen molar-refractivity contribution in [3.8, 4) is 0 Å². The molecule has 0 saturated carbocycles. The van der Waals surface area contributed by atoms with Crippen LogP contribution >= 0.6 is 0 Å². The lowest BCUT2D eigenvalue weighted by Gasteiger charge is -2.36. The van der Waals surface area contributed by atoms with Gasteiger partial charge in [-0.3, -0.25) is 4.90 Å². The number of rotatable bonds is 6. The molecule has 1 unspecified atom stereocenters. The summed E-state index contributed by atoms with van der Waals surface area (Å²) in [6.45, 7) is 2.58. The molecule has 1 saturated heterocycles. The standard InChI is InChI=1S/C21H25NO2/c23-21(19-12-5-2-6-13-19)24-17-9-16-22-15-8-7-14-20(22)18-10-3-1-4-11-18/h1-6,10-13,20H,7-9,14-17H2. The Kier molecular flexibility index (Phi) is 6.02. The van der Waals surface area contributed by atoms with Crippen LogP contribution in [0.2, 0.25) is 0 Å². The van der Waals surface area contributed by atoms with E-state index in [0.29, 0.717) is 18.2 Å². The fourth-order valence-electron chi connectivity index (χ4n) is 3.40. The second-order valence-electron chi connectivity index (χ2n) is 6.31. The van der Waals surface area contributed by atoms with Crippen molar-refractivity contribution in [2.75, 3.05) is 19.7 Å². The van der Waals surface area contributed by atoms with E-state index in [4.69, 9.17) is 4.74 Å². The molecule has 3 rings (SSSR count). The maximum absolute atomic E-state index is 11.9. The summed E-state index contributed by atoms with van der Waals surface area (Å²) in [5.41, 5.74) is 2.02. The van der Waals surface area contributed by atoms with E-state index < -0.39 is 0 Å². The van der Waals surface area contributed by atoms with Crippen LogP contribution in [0.3, 0.4) is 0 Å². The molecule has 1 aliphatic heterocycles. The highest BCUT2D eigenvalue weighted by Gasteiger charge is 2.23. The van der Waals surface area contributed by atoms with E-state index in [2.05, 4.69) is 35.2 Å². The Morgan fingerprint density at radius 1 is 1.00 bits per heavy atom. The molecule has 3 heteroatoms. The predicted molar refractivity (Wildman–Crippen MR) is 95.9 cm³/mol. The summed E-state index contributed by atoms with van der Waals surface area (Å²) in [5, 5.41) is 0. The smallest absolute Gasteiger partial charge is 0.338 e. The van der Waals surface area contributed by atoms with E-state index in [-0.39, 0.29) is 5.97 Å². The minimum absolute atomic E-state index is 0.228. The summed E-state index contributed by atoms with van der Waals surface area (Å²) in [6.07, 6.45) is 4.64. The van der Waals surface area contributed by atoms with Gasteiger partial charge in [-0.2, -0.15) is 0 Å². The highest BCUT2D eigenvalue weighted by Crippen LogP contribution is 2.30. The molecule has 1 aliphatic rings. The van der Waals surface area contributed by atoms with Crippen molar-refractivity contribution in [2.45, 2.75) is 31.7 Å². The first kappa shape index (κ1) is 16.7. The first-order valence-electron chi connectivity index (χ1n) is 8.86. The zero-order chi connectivity index (χ0) is 16.6. The number of carbonyl (C=O) groups is 1. The molecule has 1 fully saturated rings. The van der Waals surface area contributed by atoms with Crippen LogP contribution in [-0.2, 0) is 4.74 Å². The quantitative estimate of drug-likeness (QED) is 0.580. The Hall–Kier alpha value is -2.13. The summed E-state index contributed by atoms with van der Waals surface area (Å²) in [5.74, 6) is -0.228. The van der Waals surface area contributed by atoms with Crippen LogP contribution in [0.15, 0.2) is 60.7 Å². The van der Waals surface area contributed by atoms with E-state index in [0.717, 1.165) is 19.5 Å². The first-order chi connectivity index (χ1) is 11.8. The largest absolute Gasteiger partial charge is 0.462 e. The Labute approximate surface area is 144 Å². The van der Waals surface area contributed by atoms with Gasteiger partial charge in [0.15, 0.2) is 0 Å². The van der Waals surface area contributed by atoms with Crippen LogP contribution in [0, 0.1) is 0 Å². The molecule has 0 amide bonds. The summed E-state index contributed by atoms with van der Waals surface area (Å²) in [6, 6.07) is 20.4. The lowest BCUT2D eigenvalue weighted by molar-refractivity contribution is 0.0472. The number of carbonyl (C=O) groups excluding carboxylic acids is 1. The number of ether oxygens (including phenoxy) is 1. The summed E-state index contributed by atoms with van der Waals surface area (Å²) >= 11 is 0. The molecule has 126 valence electrons. The maximum atomic E-state index is 11.9. The Morgan fingerprint density at radius 3 is 2.46 bits per heavy atom. The molecule has 1 heterocycles. The van der Waals surface area contributed by atoms with Crippen molar-refractivity contribution in [1.82, 2.24) is 4.90 Å². The lowest BCUT2D eigenvalue weighted by atomic mass is 9.95. The van der Waals surface area contributed by atoms with Gasteiger partial charge in [0, 0.05) is 12.6 Å². The first-order valence-corrected chi connectivity index (χ1v) is 8.86. The molecule has 2 aromatic carbocycles. The highest BCUT2D eigenvalue weighted by molar-refractivity contribution is 5.89. The molecule has 0 aliphatic carbocycles. The van der Waals surface area contributed by atoms with Crippen molar-refractivity contribution >= 4 is 5.97 Å². The zero-order valence-corrected chi connectivity index (χ0v) is 14.1. The van der Waals surface area contributed by atoms with Gasteiger partial charge in [-0.25, -0.2) is 4.79 Å². The number of nitrogens with zero attached hydrogens (tertiary/aromatic N) is 1. The van der Waals surface area contributed by atoms with E-state index in [1.165, 1.54) is 24.8 Å². The van der Waals surface area contributed by atoms with Gasteiger partial charge >= 0.3 is 5.97 Å². The molecule has 0 N–H and O–H groups in total. The van der Waals surface area contributed by atoms with Gasteiger partial charge in [-0.1, -0.05) is 55.0 Å². The van der Waals surface area contributed by atoms with Gasteiger partial charge < -0.3 is 4.74 Å². The number of piperidine rings is 1.